The van der Waals surface area contributed by atoms with Gasteiger partial charge in [-0.05, 0) is 36.6 Å². The number of alkyl halides is 3. The molecule has 0 saturated carbocycles. The molecule has 1 aromatic carbocycles. The molecule has 0 aliphatic heterocycles. The van der Waals surface area contributed by atoms with E-state index in [-0.39, 0.29) is 18.3 Å². The standard InChI is InChI=1S/C32H46F3N2O6P/c1-2-3-4-5-6-7-8-9-10-11-12-13-31(38)37-27(19-21-44(39,40)41)22-26-14-16-29(17-15-26)42-24-28-23-30(18-20-36-28)43-25-32(33,34)35/h14-21,23,27H,2-13,22,24-25H2,1H3,(H,37,38)(H2,39,40,41)/b21-19+. The topological polar surface area (TPSA) is 118 Å². The summed E-state index contributed by atoms with van der Waals surface area (Å²) in [7, 11) is -4.40. The van der Waals surface area contributed by atoms with Gasteiger partial charge in [-0.15, -0.1) is 0 Å². The van der Waals surface area contributed by atoms with E-state index in [1.54, 1.807) is 24.3 Å². The molecule has 0 radical (unpaired) electrons. The summed E-state index contributed by atoms with van der Waals surface area (Å²) >= 11 is 0. The summed E-state index contributed by atoms with van der Waals surface area (Å²) in [6.07, 6.45) is 11.8. The monoisotopic (exact) mass is 642 g/mol. The van der Waals surface area contributed by atoms with Crippen molar-refractivity contribution < 1.29 is 41.8 Å². The molecule has 246 valence electrons. The molecule has 1 aromatic heterocycles. The van der Waals surface area contributed by atoms with Crippen LogP contribution in [0.4, 0.5) is 13.2 Å². The van der Waals surface area contributed by atoms with Crippen molar-refractivity contribution in [3.63, 3.8) is 0 Å². The van der Waals surface area contributed by atoms with Crippen molar-refractivity contribution in [2.75, 3.05) is 6.61 Å². The molecule has 0 bridgehead atoms. The van der Waals surface area contributed by atoms with E-state index in [9.17, 15) is 32.3 Å². The average molecular weight is 643 g/mol. The van der Waals surface area contributed by atoms with E-state index in [4.69, 9.17) is 9.47 Å². The minimum Gasteiger partial charge on any atom is -0.487 e. The van der Waals surface area contributed by atoms with Crippen molar-refractivity contribution >= 4 is 13.5 Å². The van der Waals surface area contributed by atoms with Crippen LogP contribution in [0.15, 0.2) is 54.5 Å². The van der Waals surface area contributed by atoms with Gasteiger partial charge in [0.25, 0.3) is 0 Å². The van der Waals surface area contributed by atoms with Gasteiger partial charge in [-0.3, -0.25) is 14.3 Å². The Labute approximate surface area is 258 Å². The van der Waals surface area contributed by atoms with Crippen molar-refractivity contribution in [3.05, 3.63) is 65.7 Å². The second kappa shape index (κ2) is 20.2. The lowest BCUT2D eigenvalue weighted by molar-refractivity contribution is -0.153. The molecular weight excluding hydrogens is 596 g/mol. The zero-order chi connectivity index (χ0) is 32.3. The molecule has 0 aliphatic rings. The number of carbonyl (C=O) groups excluding carboxylic acids is 1. The first-order valence-electron chi connectivity index (χ1n) is 15.3. The molecule has 0 fully saturated rings. The predicted molar refractivity (Wildman–Crippen MR) is 164 cm³/mol. The van der Waals surface area contributed by atoms with E-state index >= 15 is 0 Å². The van der Waals surface area contributed by atoms with Gasteiger partial charge in [0.05, 0.1) is 11.7 Å². The first-order chi connectivity index (χ1) is 20.9. The number of rotatable bonds is 22. The third-order valence-corrected chi connectivity index (χ3v) is 7.38. The first kappa shape index (κ1) is 37.3. The molecule has 44 heavy (non-hydrogen) atoms. The Morgan fingerprint density at radius 2 is 1.55 bits per heavy atom. The Morgan fingerprint density at radius 1 is 0.932 bits per heavy atom. The molecule has 2 rings (SSSR count). The lowest BCUT2D eigenvalue weighted by Crippen LogP contribution is -2.34. The summed E-state index contributed by atoms with van der Waals surface area (Å²) in [4.78, 5) is 35.2. The molecule has 1 unspecified atom stereocenters. The van der Waals surface area contributed by atoms with Crippen molar-refractivity contribution in [1.29, 1.82) is 0 Å². The minimum absolute atomic E-state index is 0.00527. The van der Waals surface area contributed by atoms with Crippen LogP contribution in [0.2, 0.25) is 0 Å². The van der Waals surface area contributed by atoms with Crippen LogP contribution in [0, 0.1) is 0 Å². The second-order valence-electron chi connectivity index (χ2n) is 10.9. The summed E-state index contributed by atoms with van der Waals surface area (Å²) in [6.45, 7) is 0.822. The van der Waals surface area contributed by atoms with E-state index < -0.39 is 26.4 Å². The molecule has 1 atom stereocenters. The fraction of sp³-hybridized carbons (Fsp3) is 0.562. The minimum atomic E-state index is -4.44. The van der Waals surface area contributed by atoms with Crippen LogP contribution in [0.1, 0.15) is 95.2 Å². The molecule has 0 saturated heterocycles. The normalized spacial score (nSPS) is 12.8. The van der Waals surface area contributed by atoms with Gasteiger partial charge in [0.1, 0.15) is 18.1 Å². The zero-order valence-corrected chi connectivity index (χ0v) is 26.3. The number of nitrogens with zero attached hydrogens (tertiary/aromatic N) is 1. The molecule has 1 heterocycles. The predicted octanol–water partition coefficient (Wildman–Crippen LogP) is 8.02. The van der Waals surface area contributed by atoms with Crippen LogP contribution in [0.25, 0.3) is 0 Å². The Kier molecular flexibility index (Phi) is 17.1. The Morgan fingerprint density at radius 3 is 2.14 bits per heavy atom. The lowest BCUT2D eigenvalue weighted by atomic mass is 10.0. The van der Waals surface area contributed by atoms with Crippen LogP contribution in [0.3, 0.4) is 0 Å². The number of unbranched alkanes of at least 4 members (excludes halogenated alkanes) is 10. The van der Waals surface area contributed by atoms with E-state index in [1.807, 2.05) is 0 Å². The fourth-order valence-electron chi connectivity index (χ4n) is 4.53. The third-order valence-electron chi connectivity index (χ3n) is 6.82. The number of halogens is 3. The number of hydrogen-bond donors (Lipinski definition) is 3. The van der Waals surface area contributed by atoms with Gasteiger partial charge in [-0.25, -0.2) is 0 Å². The summed E-state index contributed by atoms with van der Waals surface area (Å²) < 4.78 is 59.0. The maximum Gasteiger partial charge on any atom is 0.422 e. The highest BCUT2D eigenvalue weighted by Crippen LogP contribution is 2.36. The van der Waals surface area contributed by atoms with Crippen molar-refractivity contribution in [3.8, 4) is 11.5 Å². The van der Waals surface area contributed by atoms with Gasteiger partial charge in [0.2, 0.25) is 5.91 Å². The molecule has 12 heteroatoms. The van der Waals surface area contributed by atoms with Crippen molar-refractivity contribution in [2.24, 2.45) is 0 Å². The number of hydrogen-bond acceptors (Lipinski definition) is 5. The molecular formula is C32H46F3N2O6P. The number of ether oxygens (including phenoxy) is 2. The van der Waals surface area contributed by atoms with Gasteiger partial charge in [-0.1, -0.05) is 89.3 Å². The maximum absolute atomic E-state index is 12.6. The van der Waals surface area contributed by atoms with E-state index in [1.165, 1.54) is 75.8 Å². The lowest BCUT2D eigenvalue weighted by Gasteiger charge is -2.16. The van der Waals surface area contributed by atoms with Crippen LogP contribution in [-0.4, -0.2) is 39.5 Å². The van der Waals surface area contributed by atoms with E-state index in [0.29, 0.717) is 24.3 Å². The second-order valence-corrected chi connectivity index (χ2v) is 12.4. The van der Waals surface area contributed by atoms with Crippen molar-refractivity contribution in [2.45, 2.75) is 109 Å². The van der Waals surface area contributed by atoms with Gasteiger partial charge in [0.15, 0.2) is 6.61 Å². The summed E-state index contributed by atoms with van der Waals surface area (Å²) in [6, 6.07) is 9.00. The van der Waals surface area contributed by atoms with Crippen LogP contribution in [-0.2, 0) is 22.4 Å². The molecule has 1 amide bonds. The van der Waals surface area contributed by atoms with Gasteiger partial charge < -0.3 is 24.6 Å². The average Bonchev–Trinajstić information content (AvgIpc) is 2.97. The van der Waals surface area contributed by atoms with Gasteiger partial charge >= 0.3 is 13.8 Å². The summed E-state index contributed by atoms with van der Waals surface area (Å²) in [5.41, 5.74) is 1.19. The Bertz CT molecular complexity index is 1170. The van der Waals surface area contributed by atoms with Crippen LogP contribution < -0.4 is 14.8 Å². The number of benzene rings is 1. The molecule has 3 N–H and O–H groups in total. The number of nitrogens with one attached hydrogen (secondary N) is 1. The Balaban J connectivity index is 1.79. The fourth-order valence-corrected chi connectivity index (χ4v) is 4.97. The SMILES string of the molecule is CCCCCCCCCCCCCC(=O)NC(/C=C/P(=O)(O)O)Cc1ccc(OCc2cc(OCC(F)(F)F)ccn2)cc1. The molecule has 0 spiro atoms. The number of amides is 1. The molecule has 8 nitrogen and oxygen atoms in total. The highest BCUT2D eigenvalue weighted by Gasteiger charge is 2.28. The third kappa shape index (κ3) is 18.7. The maximum atomic E-state index is 12.6. The Hall–Kier alpha value is -2.88. The van der Waals surface area contributed by atoms with Crippen LogP contribution in [0.5, 0.6) is 11.5 Å². The van der Waals surface area contributed by atoms with Gasteiger partial charge in [0, 0.05) is 24.5 Å². The largest absolute Gasteiger partial charge is 0.487 e. The van der Waals surface area contributed by atoms with E-state index in [2.05, 4.69) is 17.2 Å². The van der Waals surface area contributed by atoms with E-state index in [0.717, 1.165) is 30.6 Å². The summed E-state index contributed by atoms with van der Waals surface area (Å²) in [5, 5.41) is 2.87. The quantitative estimate of drug-likeness (QED) is 0.0879. The van der Waals surface area contributed by atoms with Gasteiger partial charge in [-0.2, -0.15) is 13.2 Å². The number of pyridine rings is 1. The highest BCUT2D eigenvalue weighted by atomic mass is 31.2. The molecule has 2 aromatic rings. The van der Waals surface area contributed by atoms with Crippen molar-refractivity contribution in [1.82, 2.24) is 10.3 Å². The number of carbonyl (C=O) groups is 1. The number of aromatic nitrogens is 1. The van der Waals surface area contributed by atoms with Crippen LogP contribution >= 0.6 is 7.60 Å². The highest BCUT2D eigenvalue weighted by molar-refractivity contribution is 7.55. The molecule has 0 aliphatic carbocycles. The zero-order valence-electron chi connectivity index (χ0n) is 25.4. The summed E-state index contributed by atoms with van der Waals surface area (Å²) in [5.74, 6) is 1.15. The smallest absolute Gasteiger partial charge is 0.422 e. The first-order valence-corrected chi connectivity index (χ1v) is 17.0.